The van der Waals surface area contributed by atoms with E-state index in [4.69, 9.17) is 23.2 Å². The van der Waals surface area contributed by atoms with Crippen LogP contribution in [0.5, 0.6) is 0 Å². The molecule has 0 aliphatic carbocycles. The molecule has 2 unspecified atom stereocenters. The van der Waals surface area contributed by atoms with Crippen LogP contribution in [-0.2, 0) is 5.72 Å². The van der Waals surface area contributed by atoms with Crippen molar-refractivity contribution in [2.75, 3.05) is 9.80 Å². The predicted octanol–water partition coefficient (Wildman–Crippen LogP) is 7.45. The summed E-state index contributed by atoms with van der Waals surface area (Å²) < 4.78 is 0.973. The van der Waals surface area contributed by atoms with Crippen LogP contribution in [0.1, 0.15) is 32.3 Å². The first-order chi connectivity index (χ1) is 15.2. The van der Waals surface area contributed by atoms with Crippen molar-refractivity contribution in [1.29, 1.82) is 0 Å². The smallest absolute Gasteiger partial charge is 0.332 e. The highest BCUT2D eigenvalue weighted by molar-refractivity contribution is 14.1. The van der Waals surface area contributed by atoms with E-state index in [9.17, 15) is 9.90 Å². The number of urea groups is 1. The van der Waals surface area contributed by atoms with Gasteiger partial charge in [-0.05, 0) is 96.6 Å². The summed E-state index contributed by atoms with van der Waals surface area (Å²) in [5.41, 5.74) is -0.693. The number of anilines is 2. The van der Waals surface area contributed by atoms with Crippen molar-refractivity contribution in [3.63, 3.8) is 0 Å². The van der Waals surface area contributed by atoms with Crippen molar-refractivity contribution in [1.82, 2.24) is 0 Å². The maximum absolute atomic E-state index is 14.1. The summed E-state index contributed by atoms with van der Waals surface area (Å²) in [6, 6.07) is 21.5. The maximum atomic E-state index is 14.1. The molecule has 0 bridgehead atoms. The zero-order valence-electron chi connectivity index (χ0n) is 17.7. The van der Waals surface area contributed by atoms with Gasteiger partial charge in [-0.25, -0.2) is 4.79 Å². The molecule has 0 aromatic heterocycles. The van der Waals surface area contributed by atoms with Crippen LogP contribution in [0.4, 0.5) is 16.2 Å². The molecule has 1 aliphatic rings. The summed E-state index contributed by atoms with van der Waals surface area (Å²) >= 11 is 14.5. The summed E-state index contributed by atoms with van der Waals surface area (Å²) in [7, 11) is 0. The number of amides is 2. The summed E-state index contributed by atoms with van der Waals surface area (Å²) in [6.45, 7) is 3.99. The average molecular weight is 581 g/mol. The minimum atomic E-state index is -1.63. The fourth-order valence-corrected chi connectivity index (χ4v) is 5.43. The Morgan fingerprint density at radius 1 is 0.906 bits per heavy atom. The van der Waals surface area contributed by atoms with Crippen LogP contribution < -0.4 is 9.80 Å². The number of aliphatic hydroxyl groups is 1. The van der Waals surface area contributed by atoms with E-state index >= 15 is 0 Å². The Morgan fingerprint density at radius 2 is 1.44 bits per heavy atom. The van der Waals surface area contributed by atoms with Gasteiger partial charge < -0.3 is 5.11 Å². The van der Waals surface area contributed by atoms with Crippen molar-refractivity contribution in [2.45, 2.75) is 38.0 Å². The molecule has 1 fully saturated rings. The van der Waals surface area contributed by atoms with Gasteiger partial charge in [0.2, 0.25) is 0 Å². The number of halogens is 3. The van der Waals surface area contributed by atoms with Gasteiger partial charge in [0.05, 0.1) is 5.54 Å². The SMILES string of the molecule is CCCC1(C)N(c2ccc(Cl)cc2)C(=O)N(c2ccc(Cl)cc2)C1(O)c1cccc(I)c1. The molecule has 7 heteroatoms. The number of carbonyl (C=O) groups is 1. The van der Waals surface area contributed by atoms with Crippen molar-refractivity contribution in [2.24, 2.45) is 0 Å². The number of hydrogen-bond acceptors (Lipinski definition) is 2. The van der Waals surface area contributed by atoms with Gasteiger partial charge in [0.1, 0.15) is 0 Å². The topological polar surface area (TPSA) is 43.8 Å². The molecule has 1 heterocycles. The Hall–Kier alpha value is -1.80. The van der Waals surface area contributed by atoms with E-state index in [1.54, 1.807) is 41.3 Å². The van der Waals surface area contributed by atoms with E-state index < -0.39 is 11.3 Å². The molecule has 32 heavy (non-hydrogen) atoms. The fraction of sp³-hybridized carbons (Fsp3) is 0.240. The van der Waals surface area contributed by atoms with Crippen LogP contribution in [0.15, 0.2) is 72.8 Å². The van der Waals surface area contributed by atoms with Crippen LogP contribution >= 0.6 is 45.8 Å². The highest BCUT2D eigenvalue weighted by Crippen LogP contribution is 2.52. The fourth-order valence-electron chi connectivity index (χ4n) is 4.64. The lowest BCUT2D eigenvalue weighted by Crippen LogP contribution is -2.58. The van der Waals surface area contributed by atoms with Crippen molar-refractivity contribution in [3.8, 4) is 0 Å². The molecule has 1 aliphatic heterocycles. The monoisotopic (exact) mass is 580 g/mol. The molecule has 2 atom stereocenters. The minimum absolute atomic E-state index is 0.313. The van der Waals surface area contributed by atoms with Gasteiger partial charge >= 0.3 is 6.03 Å². The van der Waals surface area contributed by atoms with Gasteiger partial charge in [-0.1, -0.05) is 48.7 Å². The summed E-state index contributed by atoms with van der Waals surface area (Å²) in [4.78, 5) is 17.2. The third-order valence-corrected chi connectivity index (χ3v) is 7.26. The second kappa shape index (κ2) is 8.86. The molecular formula is C25H23Cl2IN2O2. The van der Waals surface area contributed by atoms with Gasteiger partial charge in [-0.15, -0.1) is 0 Å². The summed E-state index contributed by atoms with van der Waals surface area (Å²) in [6.07, 6.45) is 1.35. The maximum Gasteiger partial charge on any atom is 0.332 e. The van der Waals surface area contributed by atoms with E-state index in [1.807, 2.05) is 43.3 Å². The first-order valence-electron chi connectivity index (χ1n) is 10.4. The highest BCUT2D eigenvalue weighted by Gasteiger charge is 2.65. The first kappa shape index (κ1) is 23.4. The Labute approximate surface area is 211 Å². The standard InChI is InChI=1S/C25H23Cl2IN2O2/c1-3-15-24(2)25(32,17-5-4-6-20(28)16-17)30(22-13-9-19(27)10-14-22)23(31)29(24)21-11-7-18(26)8-12-21/h4-14,16,32H,3,15H2,1-2H3. The molecule has 2 amide bonds. The number of benzene rings is 3. The van der Waals surface area contributed by atoms with E-state index in [0.717, 1.165) is 9.99 Å². The number of nitrogens with zero attached hydrogens (tertiary/aromatic N) is 2. The Bertz CT molecular complexity index is 1140. The lowest BCUT2D eigenvalue weighted by atomic mass is 9.78. The highest BCUT2D eigenvalue weighted by atomic mass is 127. The predicted molar refractivity (Wildman–Crippen MR) is 140 cm³/mol. The Balaban J connectivity index is 2.01. The van der Waals surface area contributed by atoms with Crippen LogP contribution in [-0.4, -0.2) is 16.7 Å². The van der Waals surface area contributed by atoms with Crippen LogP contribution in [0, 0.1) is 3.57 Å². The summed E-state index contributed by atoms with van der Waals surface area (Å²) in [5.74, 6) is 0. The zero-order chi connectivity index (χ0) is 23.1. The second-order valence-electron chi connectivity index (χ2n) is 8.11. The Kier molecular flexibility index (Phi) is 6.47. The van der Waals surface area contributed by atoms with Gasteiger partial charge in [-0.2, -0.15) is 0 Å². The quantitative estimate of drug-likeness (QED) is 0.319. The van der Waals surface area contributed by atoms with Crippen LogP contribution in [0.2, 0.25) is 10.0 Å². The molecule has 3 aromatic rings. The number of rotatable bonds is 5. The van der Waals surface area contributed by atoms with Gasteiger partial charge in [0, 0.05) is 30.6 Å². The van der Waals surface area contributed by atoms with Gasteiger partial charge in [-0.3, -0.25) is 9.80 Å². The molecular weight excluding hydrogens is 558 g/mol. The van der Waals surface area contributed by atoms with Gasteiger partial charge in [0.25, 0.3) is 0 Å². The number of hydrogen-bond donors (Lipinski definition) is 1. The Morgan fingerprint density at radius 3 is 1.94 bits per heavy atom. The van der Waals surface area contributed by atoms with Crippen LogP contribution in [0.3, 0.4) is 0 Å². The van der Waals surface area contributed by atoms with Crippen molar-refractivity contribution < 1.29 is 9.90 Å². The normalized spacial score (nSPS) is 23.1. The molecule has 4 rings (SSSR count). The molecule has 1 N–H and O–H groups in total. The average Bonchev–Trinajstić information content (AvgIpc) is 2.93. The lowest BCUT2D eigenvalue weighted by molar-refractivity contribution is -0.0140. The van der Waals surface area contributed by atoms with E-state index in [2.05, 4.69) is 29.5 Å². The summed E-state index contributed by atoms with van der Waals surface area (Å²) in [5, 5.41) is 13.7. The second-order valence-corrected chi connectivity index (χ2v) is 10.2. The third kappa shape index (κ3) is 3.69. The molecule has 0 spiro atoms. The van der Waals surface area contributed by atoms with E-state index in [0.29, 0.717) is 33.4 Å². The van der Waals surface area contributed by atoms with Gasteiger partial charge in [0.15, 0.2) is 5.72 Å². The van der Waals surface area contributed by atoms with E-state index in [1.165, 1.54) is 4.90 Å². The van der Waals surface area contributed by atoms with Crippen LogP contribution in [0.25, 0.3) is 0 Å². The molecule has 1 saturated heterocycles. The molecule has 3 aromatic carbocycles. The minimum Gasteiger partial charge on any atom is -0.364 e. The zero-order valence-corrected chi connectivity index (χ0v) is 21.4. The lowest BCUT2D eigenvalue weighted by Gasteiger charge is -2.45. The molecule has 0 radical (unpaired) electrons. The largest absolute Gasteiger partial charge is 0.364 e. The molecule has 0 saturated carbocycles. The number of carbonyl (C=O) groups excluding carboxylic acids is 1. The van der Waals surface area contributed by atoms with Crippen molar-refractivity contribution in [3.05, 3.63) is 92.0 Å². The molecule has 166 valence electrons. The first-order valence-corrected chi connectivity index (χ1v) is 12.2. The third-order valence-electron chi connectivity index (χ3n) is 6.08. The van der Waals surface area contributed by atoms with E-state index in [-0.39, 0.29) is 6.03 Å². The molecule has 4 nitrogen and oxygen atoms in total. The van der Waals surface area contributed by atoms with Crippen molar-refractivity contribution >= 4 is 63.2 Å².